The Morgan fingerprint density at radius 2 is 1.95 bits per heavy atom. The second-order valence-corrected chi connectivity index (χ2v) is 5.53. The molecule has 0 saturated carbocycles. The van der Waals surface area contributed by atoms with E-state index in [1.54, 1.807) is 6.07 Å². The zero-order valence-electron chi connectivity index (χ0n) is 12.6. The highest BCUT2D eigenvalue weighted by molar-refractivity contribution is 5.80. The van der Waals surface area contributed by atoms with Crippen LogP contribution in [0.25, 0.3) is 0 Å². The fourth-order valence-electron chi connectivity index (χ4n) is 2.15. The number of nitrogens with one attached hydrogen (secondary N) is 1. The molecule has 120 valence electrons. The smallest absolute Gasteiger partial charge is 0.308 e. The number of hydrogen-bond acceptors (Lipinski definition) is 4. The van der Waals surface area contributed by atoms with Gasteiger partial charge in [0, 0.05) is 18.2 Å². The Bertz CT molecular complexity index is 557. The molecule has 0 saturated heterocycles. The summed E-state index contributed by atoms with van der Waals surface area (Å²) in [4.78, 5) is 33.3. The number of nitro benzene ring substituents is 1. The molecule has 7 heteroatoms. The van der Waals surface area contributed by atoms with Gasteiger partial charge in [0.15, 0.2) is 0 Å². The van der Waals surface area contributed by atoms with Crippen LogP contribution in [-0.2, 0) is 16.0 Å². The number of nitro groups is 1. The monoisotopic (exact) mass is 308 g/mol. The molecule has 0 radical (unpaired) electrons. The van der Waals surface area contributed by atoms with Crippen molar-refractivity contribution < 1.29 is 19.6 Å². The molecule has 1 atom stereocenters. The summed E-state index contributed by atoms with van der Waals surface area (Å²) in [5.41, 5.74) is 0.190. The van der Waals surface area contributed by atoms with E-state index in [4.69, 9.17) is 5.11 Å². The van der Waals surface area contributed by atoms with Crippen LogP contribution in [-0.4, -0.2) is 28.5 Å². The highest BCUT2D eigenvalue weighted by Gasteiger charge is 2.21. The summed E-state index contributed by atoms with van der Waals surface area (Å²) in [5.74, 6) is -1.84. The van der Waals surface area contributed by atoms with Crippen LogP contribution in [0, 0.1) is 22.0 Å². The molecule has 1 amide bonds. The van der Waals surface area contributed by atoms with Crippen molar-refractivity contribution in [1.29, 1.82) is 0 Å². The van der Waals surface area contributed by atoms with E-state index >= 15 is 0 Å². The van der Waals surface area contributed by atoms with Crippen LogP contribution in [0.3, 0.4) is 0 Å². The molecule has 7 nitrogen and oxygen atoms in total. The molecule has 0 fully saturated rings. The first-order valence-electron chi connectivity index (χ1n) is 7.03. The number of carboxylic acids is 1. The number of carboxylic acid groups (broad SMARTS) is 1. The van der Waals surface area contributed by atoms with E-state index in [9.17, 15) is 19.7 Å². The number of benzene rings is 1. The molecule has 1 rings (SSSR count). The van der Waals surface area contributed by atoms with Crippen LogP contribution in [0.4, 0.5) is 5.69 Å². The number of aliphatic carboxylic acids is 1. The predicted molar refractivity (Wildman–Crippen MR) is 80.4 cm³/mol. The fourth-order valence-corrected chi connectivity index (χ4v) is 2.15. The number of rotatable bonds is 8. The summed E-state index contributed by atoms with van der Waals surface area (Å²) in [6, 6.07) is 6.00. The maximum absolute atomic E-state index is 11.9. The van der Waals surface area contributed by atoms with Gasteiger partial charge in [-0.15, -0.1) is 0 Å². The standard InChI is InChI=1S/C15H20N2O5/c1-10(2)7-12(15(19)20)9-16-14(18)8-11-5-3-4-6-13(11)17(21)22/h3-6,10,12H,7-9H2,1-2H3,(H,16,18)(H,19,20). The van der Waals surface area contributed by atoms with Gasteiger partial charge in [0.25, 0.3) is 5.69 Å². The molecular formula is C15H20N2O5. The van der Waals surface area contributed by atoms with Crippen LogP contribution in [0.15, 0.2) is 24.3 Å². The molecule has 0 spiro atoms. The van der Waals surface area contributed by atoms with Crippen molar-refractivity contribution >= 4 is 17.6 Å². The Hall–Kier alpha value is -2.44. The topological polar surface area (TPSA) is 110 Å². The third-order valence-corrected chi connectivity index (χ3v) is 3.19. The third-order valence-electron chi connectivity index (χ3n) is 3.19. The summed E-state index contributed by atoms with van der Waals surface area (Å²) in [7, 11) is 0. The highest BCUT2D eigenvalue weighted by atomic mass is 16.6. The average molecular weight is 308 g/mol. The van der Waals surface area contributed by atoms with Crippen LogP contribution < -0.4 is 5.32 Å². The second-order valence-electron chi connectivity index (χ2n) is 5.53. The van der Waals surface area contributed by atoms with E-state index in [1.807, 2.05) is 13.8 Å². The molecule has 1 aromatic rings. The molecule has 2 N–H and O–H groups in total. The highest BCUT2D eigenvalue weighted by Crippen LogP contribution is 2.18. The van der Waals surface area contributed by atoms with Crippen molar-refractivity contribution in [1.82, 2.24) is 5.32 Å². The molecule has 0 aromatic heterocycles. The largest absolute Gasteiger partial charge is 0.481 e. The first-order valence-corrected chi connectivity index (χ1v) is 7.03. The van der Waals surface area contributed by atoms with Crippen molar-refractivity contribution in [2.24, 2.45) is 11.8 Å². The number of nitrogens with zero attached hydrogens (tertiary/aromatic N) is 1. The SMILES string of the molecule is CC(C)CC(CNC(=O)Cc1ccccc1[N+](=O)[O-])C(=O)O. The molecule has 1 unspecified atom stereocenters. The lowest BCUT2D eigenvalue weighted by atomic mass is 9.97. The molecule has 0 aliphatic carbocycles. The van der Waals surface area contributed by atoms with Crippen molar-refractivity contribution in [2.45, 2.75) is 26.7 Å². The van der Waals surface area contributed by atoms with Crippen LogP contribution >= 0.6 is 0 Å². The lowest BCUT2D eigenvalue weighted by Gasteiger charge is -2.15. The van der Waals surface area contributed by atoms with E-state index < -0.39 is 22.7 Å². The van der Waals surface area contributed by atoms with Crippen LogP contribution in [0.5, 0.6) is 0 Å². The van der Waals surface area contributed by atoms with E-state index in [-0.39, 0.29) is 24.6 Å². The Morgan fingerprint density at radius 3 is 2.50 bits per heavy atom. The number of carbonyl (C=O) groups is 2. The summed E-state index contributed by atoms with van der Waals surface area (Å²) in [5, 5.41) is 22.5. The molecule has 0 aliphatic rings. The number of hydrogen-bond donors (Lipinski definition) is 2. The normalized spacial score (nSPS) is 12.0. The van der Waals surface area contributed by atoms with Crippen molar-refractivity contribution in [2.75, 3.05) is 6.54 Å². The lowest BCUT2D eigenvalue weighted by molar-refractivity contribution is -0.385. The lowest BCUT2D eigenvalue weighted by Crippen LogP contribution is -2.34. The summed E-state index contributed by atoms with van der Waals surface area (Å²) < 4.78 is 0. The zero-order chi connectivity index (χ0) is 16.7. The van der Waals surface area contributed by atoms with Crippen molar-refractivity contribution in [3.05, 3.63) is 39.9 Å². The minimum Gasteiger partial charge on any atom is -0.481 e. The Kier molecular flexibility index (Phi) is 6.49. The summed E-state index contributed by atoms with van der Waals surface area (Å²) >= 11 is 0. The van der Waals surface area contributed by atoms with Gasteiger partial charge >= 0.3 is 5.97 Å². The van der Waals surface area contributed by atoms with E-state index in [1.165, 1.54) is 18.2 Å². The van der Waals surface area contributed by atoms with E-state index in [0.29, 0.717) is 12.0 Å². The molecular weight excluding hydrogens is 288 g/mol. The molecule has 0 bridgehead atoms. The first-order chi connectivity index (χ1) is 10.3. The van der Waals surface area contributed by atoms with E-state index in [2.05, 4.69) is 5.32 Å². The van der Waals surface area contributed by atoms with Crippen LogP contribution in [0.2, 0.25) is 0 Å². The third kappa shape index (κ3) is 5.51. The maximum atomic E-state index is 11.9. The van der Waals surface area contributed by atoms with Gasteiger partial charge in [-0.25, -0.2) is 0 Å². The van der Waals surface area contributed by atoms with Gasteiger partial charge in [0.1, 0.15) is 0 Å². The van der Waals surface area contributed by atoms with Gasteiger partial charge in [0.05, 0.1) is 17.3 Å². The average Bonchev–Trinajstić information content (AvgIpc) is 2.43. The maximum Gasteiger partial charge on any atom is 0.308 e. The molecule has 0 heterocycles. The predicted octanol–water partition coefficient (Wildman–Crippen LogP) is 2.00. The van der Waals surface area contributed by atoms with Gasteiger partial charge in [-0.2, -0.15) is 0 Å². The quantitative estimate of drug-likeness (QED) is 0.564. The fraction of sp³-hybridized carbons (Fsp3) is 0.467. The van der Waals surface area contributed by atoms with Gasteiger partial charge in [-0.3, -0.25) is 19.7 Å². The Labute approximate surface area is 128 Å². The second kappa shape index (κ2) is 8.11. The number of carbonyl (C=O) groups excluding carboxylic acids is 1. The van der Waals surface area contributed by atoms with Gasteiger partial charge < -0.3 is 10.4 Å². The Morgan fingerprint density at radius 1 is 1.32 bits per heavy atom. The van der Waals surface area contributed by atoms with Gasteiger partial charge in [0.2, 0.25) is 5.91 Å². The first kappa shape index (κ1) is 17.6. The number of para-hydroxylation sites is 1. The van der Waals surface area contributed by atoms with E-state index in [0.717, 1.165) is 0 Å². The summed E-state index contributed by atoms with van der Waals surface area (Å²) in [6.45, 7) is 3.84. The minimum atomic E-state index is -0.959. The van der Waals surface area contributed by atoms with Gasteiger partial charge in [-0.05, 0) is 12.3 Å². The van der Waals surface area contributed by atoms with Crippen molar-refractivity contribution in [3.8, 4) is 0 Å². The molecule has 1 aromatic carbocycles. The Balaban J connectivity index is 2.63. The summed E-state index contributed by atoms with van der Waals surface area (Å²) in [6.07, 6.45) is 0.312. The molecule has 0 aliphatic heterocycles. The molecule has 22 heavy (non-hydrogen) atoms. The minimum absolute atomic E-state index is 0.0208. The van der Waals surface area contributed by atoms with Crippen molar-refractivity contribution in [3.63, 3.8) is 0 Å². The number of amides is 1. The van der Waals surface area contributed by atoms with Gasteiger partial charge in [-0.1, -0.05) is 32.0 Å². The van der Waals surface area contributed by atoms with Crippen LogP contribution in [0.1, 0.15) is 25.8 Å². The zero-order valence-corrected chi connectivity index (χ0v) is 12.6.